The monoisotopic (exact) mass is 346 g/mol. The van der Waals surface area contributed by atoms with Gasteiger partial charge in [-0.2, -0.15) is 0 Å². The molecular formula is C15H20F2N2O3S. The van der Waals surface area contributed by atoms with Gasteiger partial charge >= 0.3 is 0 Å². The van der Waals surface area contributed by atoms with E-state index in [2.05, 4.69) is 11.6 Å². The smallest absolute Gasteiger partial charge is 0.240 e. The molecule has 1 aromatic rings. The molecule has 5 nitrogen and oxygen atoms in total. The first kappa shape index (κ1) is 17.8. The summed E-state index contributed by atoms with van der Waals surface area (Å²) in [7, 11) is -3.96. The largest absolute Gasteiger partial charge is 0.343 e. The molecule has 1 fully saturated rings. The molecule has 0 spiro atoms. The molecule has 8 heteroatoms. The summed E-state index contributed by atoms with van der Waals surface area (Å²) in [6, 6.07) is 2.35. The van der Waals surface area contributed by atoms with E-state index >= 15 is 0 Å². The minimum Gasteiger partial charge on any atom is -0.343 e. The molecular weight excluding hydrogens is 326 g/mol. The number of carbonyl (C=O) groups excluding carboxylic acids is 1. The number of halogens is 2. The van der Waals surface area contributed by atoms with Crippen molar-refractivity contribution >= 4 is 15.9 Å². The summed E-state index contributed by atoms with van der Waals surface area (Å²) >= 11 is 0. The molecule has 1 N–H and O–H groups in total. The van der Waals surface area contributed by atoms with Crippen molar-refractivity contribution in [3.05, 3.63) is 29.8 Å². The first-order valence-electron chi connectivity index (χ1n) is 7.52. The van der Waals surface area contributed by atoms with Crippen LogP contribution in [0.15, 0.2) is 23.1 Å². The van der Waals surface area contributed by atoms with E-state index in [1.54, 1.807) is 4.90 Å². The maximum Gasteiger partial charge on any atom is 0.240 e. The van der Waals surface area contributed by atoms with Crippen LogP contribution < -0.4 is 4.72 Å². The average Bonchev–Trinajstić information content (AvgIpc) is 2.50. The number of amides is 1. The van der Waals surface area contributed by atoms with Gasteiger partial charge in [0.2, 0.25) is 15.9 Å². The summed E-state index contributed by atoms with van der Waals surface area (Å²) in [6.07, 6.45) is 1.94. The van der Waals surface area contributed by atoms with Crippen molar-refractivity contribution in [2.24, 2.45) is 5.92 Å². The van der Waals surface area contributed by atoms with Crippen LogP contribution in [0.2, 0.25) is 0 Å². The Morgan fingerprint density at radius 1 is 1.26 bits per heavy atom. The quantitative estimate of drug-likeness (QED) is 0.885. The van der Waals surface area contributed by atoms with Gasteiger partial charge in [0.1, 0.15) is 0 Å². The Balaban J connectivity index is 1.87. The molecule has 0 radical (unpaired) electrons. The van der Waals surface area contributed by atoms with Crippen LogP contribution in [-0.2, 0) is 14.8 Å². The van der Waals surface area contributed by atoms with Gasteiger partial charge in [-0.25, -0.2) is 21.9 Å². The molecule has 1 amide bonds. The van der Waals surface area contributed by atoms with Crippen molar-refractivity contribution in [3.63, 3.8) is 0 Å². The maximum atomic E-state index is 13.1. The number of hydrogen-bond donors (Lipinski definition) is 1. The van der Waals surface area contributed by atoms with Gasteiger partial charge in [-0.05, 0) is 37.0 Å². The van der Waals surface area contributed by atoms with Crippen molar-refractivity contribution in [2.45, 2.75) is 31.1 Å². The molecule has 0 bridgehead atoms. The normalized spacial score (nSPS) is 16.6. The Morgan fingerprint density at radius 3 is 2.52 bits per heavy atom. The van der Waals surface area contributed by atoms with E-state index < -0.39 is 21.7 Å². The van der Waals surface area contributed by atoms with Crippen LogP contribution in [0.4, 0.5) is 8.78 Å². The molecule has 2 rings (SSSR count). The Hall–Kier alpha value is -1.54. The molecule has 23 heavy (non-hydrogen) atoms. The molecule has 0 saturated carbocycles. The fraction of sp³-hybridized carbons (Fsp3) is 0.533. The zero-order chi connectivity index (χ0) is 17.0. The SMILES string of the molecule is CC1CCN(C(=O)CCNS(=O)(=O)c2ccc(F)c(F)c2)CC1. The van der Waals surface area contributed by atoms with Crippen LogP contribution in [-0.4, -0.2) is 38.9 Å². The molecule has 0 unspecified atom stereocenters. The summed E-state index contributed by atoms with van der Waals surface area (Å²) in [4.78, 5) is 13.4. The molecule has 0 atom stereocenters. The number of nitrogens with one attached hydrogen (secondary N) is 1. The minimum absolute atomic E-state index is 0.0390. The van der Waals surface area contributed by atoms with Crippen molar-refractivity contribution in [1.29, 1.82) is 0 Å². The van der Waals surface area contributed by atoms with E-state index in [4.69, 9.17) is 0 Å². The number of piperidine rings is 1. The van der Waals surface area contributed by atoms with E-state index in [9.17, 15) is 22.0 Å². The minimum atomic E-state index is -3.96. The first-order valence-corrected chi connectivity index (χ1v) is 9.00. The van der Waals surface area contributed by atoms with Gasteiger partial charge in [-0.1, -0.05) is 6.92 Å². The summed E-state index contributed by atoms with van der Waals surface area (Å²) in [6.45, 7) is 3.44. The zero-order valence-corrected chi connectivity index (χ0v) is 13.7. The van der Waals surface area contributed by atoms with Crippen LogP contribution in [0.1, 0.15) is 26.2 Å². The fourth-order valence-electron chi connectivity index (χ4n) is 2.44. The number of nitrogens with zero attached hydrogens (tertiary/aromatic N) is 1. The number of likely N-dealkylation sites (tertiary alicyclic amines) is 1. The second-order valence-electron chi connectivity index (χ2n) is 5.79. The summed E-state index contributed by atoms with van der Waals surface area (Å²) in [5.41, 5.74) is 0. The molecule has 0 aromatic heterocycles. The highest BCUT2D eigenvalue weighted by molar-refractivity contribution is 7.89. The maximum absolute atomic E-state index is 13.1. The molecule has 1 aliphatic rings. The Kier molecular flexibility index (Phi) is 5.69. The molecule has 1 aromatic carbocycles. The molecule has 1 heterocycles. The van der Waals surface area contributed by atoms with E-state index in [1.165, 1.54) is 0 Å². The van der Waals surface area contributed by atoms with Crippen LogP contribution >= 0.6 is 0 Å². The molecule has 128 valence electrons. The second kappa shape index (κ2) is 7.35. The summed E-state index contributed by atoms with van der Waals surface area (Å²) in [5.74, 6) is -1.85. The van der Waals surface area contributed by atoms with E-state index in [1.807, 2.05) is 0 Å². The number of rotatable bonds is 5. The van der Waals surface area contributed by atoms with Crippen molar-refractivity contribution in [2.75, 3.05) is 19.6 Å². The topological polar surface area (TPSA) is 66.5 Å². The van der Waals surface area contributed by atoms with Crippen LogP contribution in [0, 0.1) is 17.6 Å². The predicted molar refractivity (Wildman–Crippen MR) is 81.1 cm³/mol. The third-order valence-corrected chi connectivity index (χ3v) is 5.43. The van der Waals surface area contributed by atoms with Gasteiger partial charge in [0.05, 0.1) is 4.90 Å². The van der Waals surface area contributed by atoms with Crippen molar-refractivity contribution in [1.82, 2.24) is 9.62 Å². The van der Waals surface area contributed by atoms with Gasteiger partial charge in [0, 0.05) is 26.1 Å². The van der Waals surface area contributed by atoms with E-state index in [0.29, 0.717) is 25.1 Å². The zero-order valence-electron chi connectivity index (χ0n) is 12.9. The molecule has 0 aliphatic carbocycles. The van der Waals surface area contributed by atoms with Gasteiger partial charge in [-0.15, -0.1) is 0 Å². The lowest BCUT2D eigenvalue weighted by molar-refractivity contribution is -0.132. The van der Waals surface area contributed by atoms with Crippen LogP contribution in [0.5, 0.6) is 0 Å². The number of benzene rings is 1. The Bertz CT molecular complexity index is 671. The summed E-state index contributed by atoms with van der Waals surface area (Å²) < 4.78 is 52.1. The number of sulfonamides is 1. The third kappa shape index (κ3) is 4.71. The van der Waals surface area contributed by atoms with Crippen LogP contribution in [0.25, 0.3) is 0 Å². The third-order valence-electron chi connectivity index (χ3n) is 3.97. The van der Waals surface area contributed by atoms with Gasteiger partial charge in [0.15, 0.2) is 11.6 Å². The lowest BCUT2D eigenvalue weighted by atomic mass is 9.99. The lowest BCUT2D eigenvalue weighted by Crippen LogP contribution is -2.39. The van der Waals surface area contributed by atoms with Gasteiger partial charge in [0.25, 0.3) is 0 Å². The molecule has 1 aliphatic heterocycles. The van der Waals surface area contributed by atoms with Crippen LogP contribution in [0.3, 0.4) is 0 Å². The number of carbonyl (C=O) groups is 1. The molecule has 1 saturated heterocycles. The van der Waals surface area contributed by atoms with Gasteiger partial charge in [-0.3, -0.25) is 4.79 Å². The Morgan fingerprint density at radius 2 is 1.91 bits per heavy atom. The first-order chi connectivity index (χ1) is 10.8. The van der Waals surface area contributed by atoms with Crippen molar-refractivity contribution < 1.29 is 22.0 Å². The summed E-state index contributed by atoms with van der Waals surface area (Å²) in [5, 5.41) is 0. The van der Waals surface area contributed by atoms with E-state index in [0.717, 1.165) is 25.0 Å². The second-order valence-corrected chi connectivity index (χ2v) is 7.55. The fourth-order valence-corrected chi connectivity index (χ4v) is 3.48. The number of hydrogen-bond acceptors (Lipinski definition) is 3. The lowest BCUT2D eigenvalue weighted by Gasteiger charge is -2.30. The predicted octanol–water partition coefficient (Wildman–Crippen LogP) is 1.89. The highest BCUT2D eigenvalue weighted by atomic mass is 32.2. The average molecular weight is 346 g/mol. The Labute approximate surface area is 134 Å². The van der Waals surface area contributed by atoms with E-state index in [-0.39, 0.29) is 23.8 Å². The van der Waals surface area contributed by atoms with Gasteiger partial charge < -0.3 is 4.90 Å². The highest BCUT2D eigenvalue weighted by Crippen LogP contribution is 2.17. The van der Waals surface area contributed by atoms with Crippen molar-refractivity contribution in [3.8, 4) is 0 Å². The highest BCUT2D eigenvalue weighted by Gasteiger charge is 2.21. The standard InChI is InChI=1S/C15H20F2N2O3S/c1-11-5-8-19(9-6-11)15(20)4-7-18-23(21,22)12-2-3-13(16)14(17)10-12/h2-3,10-11,18H,4-9H2,1H3.